The number of ether oxygens (including phenoxy) is 2. The smallest absolute Gasteiger partial charge is 0.313 e. The molecule has 49 heavy (non-hydrogen) atoms. The molecule has 2 N–H and O–H groups in total. The van der Waals surface area contributed by atoms with Gasteiger partial charge >= 0.3 is 5.97 Å². The minimum atomic E-state index is -1.36. The Kier molecular flexibility index (Phi) is 11.2. The topological polar surface area (TPSA) is 125 Å². The summed E-state index contributed by atoms with van der Waals surface area (Å²) in [7, 11) is 0. The first-order chi connectivity index (χ1) is 23.4. The molecule has 3 aliphatic heterocycles. The van der Waals surface area contributed by atoms with E-state index in [1.54, 1.807) is 30.9 Å². The van der Waals surface area contributed by atoms with Gasteiger partial charge in [0.1, 0.15) is 17.7 Å². The van der Waals surface area contributed by atoms with Crippen LogP contribution in [0, 0.1) is 25.7 Å². The highest BCUT2D eigenvalue weighted by Gasteiger charge is 2.77. The Bertz CT molecular complexity index is 1580. The number of benzene rings is 2. The van der Waals surface area contributed by atoms with E-state index >= 15 is 0 Å². The number of hydrogen-bond acceptors (Lipinski definition) is 7. The van der Waals surface area contributed by atoms with E-state index in [1.807, 2.05) is 62.4 Å². The molecule has 0 saturated carbocycles. The number of para-hydroxylation sites is 1. The summed E-state index contributed by atoms with van der Waals surface area (Å²) in [5.74, 6) is -3.75. The SMILES string of the molecule is C=CCCC(=O)N[C@@H](C)[C@H](OC(=O)[C@H]1[C@@H]2O[C@@]3(CC2Br)[C@@H]1C(=O)N([C@H](C)CO)[C@@H]3C(=O)N(CC=C)c1c(C)cccc1C)c1ccccc1. The molecule has 2 aromatic carbocycles. The van der Waals surface area contributed by atoms with Gasteiger partial charge < -0.3 is 29.7 Å². The second-order valence-corrected chi connectivity index (χ2v) is 14.5. The standard InChI is InChI=1S/C38H46BrN3O7/c1-7-9-18-28(44)40-25(6)32(26-16-11-10-12-17-26)48-37(47)29-30-35(45)42(24(5)21-43)34(38(30)20-27(39)33(29)49-38)36(46)41(19-8-2)31-22(3)14-13-15-23(31)4/h7-8,10-17,24-25,27,29-30,32-34,43H,1-2,9,18-21H2,3-6H3,(H,40,44)/t24-,25+,27?,29-,30+,32+,33-,34-,38+/m1/s1. The number of likely N-dealkylation sites (tertiary alicyclic amines) is 1. The number of nitrogens with zero attached hydrogens (tertiary/aromatic N) is 2. The number of anilines is 1. The van der Waals surface area contributed by atoms with Crippen LogP contribution < -0.4 is 10.2 Å². The monoisotopic (exact) mass is 735 g/mol. The molecule has 2 bridgehead atoms. The lowest BCUT2D eigenvalue weighted by molar-refractivity contribution is -0.162. The van der Waals surface area contributed by atoms with Gasteiger partial charge in [0.2, 0.25) is 11.8 Å². The molecule has 9 atom stereocenters. The average Bonchev–Trinajstić information content (AvgIpc) is 3.68. The molecular weight excluding hydrogens is 690 g/mol. The Balaban J connectivity index is 1.53. The van der Waals surface area contributed by atoms with Crippen LogP contribution in [0.1, 0.15) is 55.9 Å². The summed E-state index contributed by atoms with van der Waals surface area (Å²) >= 11 is 3.72. The maximum Gasteiger partial charge on any atom is 0.313 e. The maximum atomic E-state index is 14.9. The van der Waals surface area contributed by atoms with Crippen molar-refractivity contribution in [2.75, 3.05) is 18.1 Å². The van der Waals surface area contributed by atoms with Crippen molar-refractivity contribution >= 4 is 45.3 Å². The van der Waals surface area contributed by atoms with Gasteiger partial charge in [-0.3, -0.25) is 19.2 Å². The quantitative estimate of drug-likeness (QED) is 0.164. The van der Waals surface area contributed by atoms with E-state index in [1.165, 1.54) is 4.90 Å². The number of hydrogen-bond donors (Lipinski definition) is 2. The normalized spacial score (nSPS) is 27.2. The number of allylic oxidation sites excluding steroid dienone is 1. The number of esters is 1. The van der Waals surface area contributed by atoms with Gasteiger partial charge in [-0.1, -0.05) is 76.6 Å². The zero-order chi connectivity index (χ0) is 35.6. The van der Waals surface area contributed by atoms with Crippen LogP contribution in [0.25, 0.3) is 0 Å². The van der Waals surface area contributed by atoms with E-state index in [4.69, 9.17) is 9.47 Å². The number of carbonyl (C=O) groups is 4. The highest BCUT2D eigenvalue weighted by atomic mass is 79.9. The zero-order valence-electron chi connectivity index (χ0n) is 28.5. The second kappa shape index (κ2) is 15.0. The molecule has 3 saturated heterocycles. The van der Waals surface area contributed by atoms with Gasteiger partial charge in [0.05, 0.1) is 36.6 Å². The summed E-state index contributed by atoms with van der Waals surface area (Å²) in [6.07, 6.45) is 2.74. The number of aliphatic hydroxyl groups excluding tert-OH is 1. The predicted molar refractivity (Wildman–Crippen MR) is 190 cm³/mol. The Morgan fingerprint density at radius 3 is 2.41 bits per heavy atom. The van der Waals surface area contributed by atoms with Gasteiger partial charge in [0, 0.05) is 23.5 Å². The van der Waals surface area contributed by atoms with Gasteiger partial charge in [-0.2, -0.15) is 0 Å². The number of alkyl halides is 1. The number of fused-ring (bicyclic) bond motifs is 1. The summed E-state index contributed by atoms with van der Waals surface area (Å²) in [6, 6.07) is 12.4. The van der Waals surface area contributed by atoms with Crippen molar-refractivity contribution in [1.82, 2.24) is 10.2 Å². The van der Waals surface area contributed by atoms with E-state index in [0.29, 0.717) is 24.1 Å². The minimum absolute atomic E-state index is 0.180. The number of halogens is 1. The fraction of sp³-hybridized carbons (Fsp3) is 0.474. The van der Waals surface area contributed by atoms with Gasteiger partial charge in [-0.15, -0.1) is 13.2 Å². The molecule has 262 valence electrons. The zero-order valence-corrected chi connectivity index (χ0v) is 30.1. The van der Waals surface area contributed by atoms with Crippen molar-refractivity contribution in [3.8, 4) is 0 Å². The Morgan fingerprint density at radius 2 is 1.80 bits per heavy atom. The number of rotatable bonds is 14. The van der Waals surface area contributed by atoms with Crippen molar-refractivity contribution < 1.29 is 33.8 Å². The molecule has 0 radical (unpaired) electrons. The van der Waals surface area contributed by atoms with Crippen molar-refractivity contribution in [1.29, 1.82) is 0 Å². The summed E-state index contributed by atoms with van der Waals surface area (Å²) < 4.78 is 12.9. The Hall–Kier alpha value is -3.80. The van der Waals surface area contributed by atoms with Crippen LogP contribution in [0.2, 0.25) is 0 Å². The van der Waals surface area contributed by atoms with E-state index in [9.17, 15) is 24.3 Å². The van der Waals surface area contributed by atoms with Crippen molar-refractivity contribution in [3.63, 3.8) is 0 Å². The second-order valence-electron chi connectivity index (χ2n) is 13.4. The van der Waals surface area contributed by atoms with Gasteiger partial charge in [0.25, 0.3) is 5.91 Å². The summed E-state index contributed by atoms with van der Waals surface area (Å²) in [5.41, 5.74) is 1.79. The van der Waals surface area contributed by atoms with E-state index in [0.717, 1.165) is 11.1 Å². The first-order valence-electron chi connectivity index (χ1n) is 16.8. The number of carbonyl (C=O) groups excluding carboxylic acids is 4. The molecule has 3 fully saturated rings. The van der Waals surface area contributed by atoms with Gasteiger partial charge in [0.15, 0.2) is 0 Å². The molecular formula is C38H46BrN3O7. The van der Waals surface area contributed by atoms with Crippen molar-refractivity contribution in [3.05, 3.63) is 90.5 Å². The number of amides is 3. The van der Waals surface area contributed by atoms with E-state index in [2.05, 4.69) is 34.4 Å². The van der Waals surface area contributed by atoms with Crippen LogP contribution in [0.4, 0.5) is 5.69 Å². The lowest BCUT2D eigenvalue weighted by Crippen LogP contribution is -2.59. The molecule has 1 unspecified atom stereocenters. The minimum Gasteiger partial charge on any atom is -0.455 e. The van der Waals surface area contributed by atoms with Crippen molar-refractivity contribution in [2.45, 2.75) is 87.7 Å². The third-order valence-electron chi connectivity index (χ3n) is 10.0. The highest BCUT2D eigenvalue weighted by molar-refractivity contribution is 9.09. The molecule has 3 heterocycles. The van der Waals surface area contributed by atoms with Crippen LogP contribution in [0.15, 0.2) is 73.8 Å². The highest BCUT2D eigenvalue weighted by Crippen LogP contribution is 2.61. The van der Waals surface area contributed by atoms with Crippen molar-refractivity contribution in [2.24, 2.45) is 11.8 Å². The number of aryl methyl sites for hydroxylation is 2. The third kappa shape index (κ3) is 6.60. The number of nitrogens with one attached hydrogen (secondary N) is 1. The summed E-state index contributed by atoms with van der Waals surface area (Å²) in [4.78, 5) is 59.2. The number of aliphatic hydroxyl groups is 1. The maximum absolute atomic E-state index is 14.9. The molecule has 3 aliphatic rings. The molecule has 2 aromatic rings. The summed E-state index contributed by atoms with van der Waals surface area (Å²) in [5, 5.41) is 13.3. The first-order valence-corrected chi connectivity index (χ1v) is 17.7. The molecule has 0 aliphatic carbocycles. The van der Waals surface area contributed by atoms with Crippen LogP contribution in [0.5, 0.6) is 0 Å². The van der Waals surface area contributed by atoms with Crippen LogP contribution in [-0.4, -0.2) is 81.5 Å². The van der Waals surface area contributed by atoms with Gasteiger partial charge in [-0.05, 0) is 57.2 Å². The van der Waals surface area contributed by atoms with Gasteiger partial charge in [-0.25, -0.2) is 0 Å². The Morgan fingerprint density at radius 1 is 1.12 bits per heavy atom. The lowest BCUT2D eigenvalue weighted by atomic mass is 9.70. The third-order valence-corrected chi connectivity index (χ3v) is 10.9. The largest absolute Gasteiger partial charge is 0.455 e. The lowest BCUT2D eigenvalue weighted by Gasteiger charge is -2.39. The molecule has 11 heteroatoms. The average molecular weight is 737 g/mol. The first kappa shape index (κ1) is 36.5. The molecule has 3 amide bonds. The van der Waals surface area contributed by atoms with Crippen LogP contribution in [-0.2, 0) is 28.7 Å². The van der Waals surface area contributed by atoms with Crippen LogP contribution in [0.3, 0.4) is 0 Å². The summed E-state index contributed by atoms with van der Waals surface area (Å²) in [6.45, 7) is 14.7. The van der Waals surface area contributed by atoms with E-state index < -0.39 is 66.3 Å². The fourth-order valence-electron chi connectivity index (χ4n) is 7.92. The molecule has 1 spiro atoms. The molecule has 5 rings (SSSR count). The predicted octanol–water partition coefficient (Wildman–Crippen LogP) is 4.71. The van der Waals surface area contributed by atoms with E-state index in [-0.39, 0.29) is 29.6 Å². The van der Waals surface area contributed by atoms with Crippen LogP contribution >= 0.6 is 15.9 Å². The molecule has 10 nitrogen and oxygen atoms in total. The fourth-order valence-corrected chi connectivity index (χ4v) is 8.86. The Labute approximate surface area is 296 Å². The molecule has 0 aromatic heterocycles.